The first-order valence-electron chi connectivity index (χ1n) is 6.41. The monoisotopic (exact) mass is 271 g/mol. The van der Waals surface area contributed by atoms with Crippen molar-refractivity contribution in [2.45, 2.75) is 13.5 Å². The molecular weight excluding hydrogens is 254 g/mol. The van der Waals surface area contributed by atoms with Crippen LogP contribution in [-0.2, 0) is 6.54 Å². The van der Waals surface area contributed by atoms with Crippen LogP contribution < -0.4 is 16.4 Å². The lowest BCUT2D eigenvalue weighted by molar-refractivity contribution is 0.0950. The molecule has 20 heavy (non-hydrogen) atoms. The van der Waals surface area contributed by atoms with E-state index in [0.717, 1.165) is 11.3 Å². The van der Waals surface area contributed by atoms with E-state index in [1.165, 1.54) is 0 Å². The first-order chi connectivity index (χ1) is 9.72. The van der Waals surface area contributed by atoms with Crippen LogP contribution in [0.5, 0.6) is 0 Å². The molecule has 0 aliphatic heterocycles. The van der Waals surface area contributed by atoms with Gasteiger partial charge in [0, 0.05) is 18.8 Å². The number of anilines is 2. The summed E-state index contributed by atoms with van der Waals surface area (Å²) in [6.07, 6.45) is 0. The van der Waals surface area contributed by atoms with Gasteiger partial charge in [-0.15, -0.1) is 10.2 Å². The number of carbonyl (C=O) groups is 1. The Balaban J connectivity index is 2.08. The highest BCUT2D eigenvalue weighted by atomic mass is 16.1. The maximum absolute atomic E-state index is 11.5. The minimum atomic E-state index is -0.225. The summed E-state index contributed by atoms with van der Waals surface area (Å²) in [4.78, 5) is 11.5. The number of benzene rings is 1. The highest BCUT2D eigenvalue weighted by Gasteiger charge is 2.06. The lowest BCUT2D eigenvalue weighted by Crippen LogP contribution is -2.24. The van der Waals surface area contributed by atoms with Gasteiger partial charge in [-0.2, -0.15) is 0 Å². The molecule has 4 N–H and O–H groups in total. The van der Waals surface area contributed by atoms with Gasteiger partial charge < -0.3 is 16.4 Å². The van der Waals surface area contributed by atoms with Crippen LogP contribution >= 0.6 is 0 Å². The number of amides is 1. The molecular formula is C14H17N5O. The maximum Gasteiger partial charge on any atom is 0.271 e. The van der Waals surface area contributed by atoms with Gasteiger partial charge >= 0.3 is 0 Å². The van der Waals surface area contributed by atoms with E-state index in [0.29, 0.717) is 24.6 Å². The van der Waals surface area contributed by atoms with E-state index in [1.54, 1.807) is 12.1 Å². The molecule has 0 unspecified atom stereocenters. The second kappa shape index (κ2) is 6.63. The first kappa shape index (κ1) is 14.0. The molecule has 0 spiro atoms. The van der Waals surface area contributed by atoms with Crippen LogP contribution in [-0.4, -0.2) is 22.6 Å². The fourth-order valence-corrected chi connectivity index (χ4v) is 1.70. The Morgan fingerprint density at radius 3 is 2.75 bits per heavy atom. The number of nitrogens with one attached hydrogen (secondary N) is 2. The molecule has 0 aliphatic carbocycles. The molecule has 2 rings (SSSR count). The fourth-order valence-electron chi connectivity index (χ4n) is 1.70. The normalized spacial score (nSPS) is 10.1. The van der Waals surface area contributed by atoms with Gasteiger partial charge in [0.2, 0.25) is 0 Å². The van der Waals surface area contributed by atoms with Crippen molar-refractivity contribution < 1.29 is 4.79 Å². The third-order valence-corrected chi connectivity index (χ3v) is 2.67. The Morgan fingerprint density at radius 2 is 2.10 bits per heavy atom. The highest BCUT2D eigenvalue weighted by molar-refractivity contribution is 5.92. The summed E-state index contributed by atoms with van der Waals surface area (Å²) in [5.74, 6) is 0.351. The molecule has 0 atom stereocenters. The molecule has 1 heterocycles. The van der Waals surface area contributed by atoms with E-state index in [4.69, 9.17) is 5.73 Å². The predicted octanol–water partition coefficient (Wildman–Crippen LogP) is 1.43. The molecule has 1 aromatic heterocycles. The molecule has 0 saturated carbocycles. The Labute approximate surface area is 117 Å². The van der Waals surface area contributed by atoms with Gasteiger partial charge in [-0.05, 0) is 36.8 Å². The summed E-state index contributed by atoms with van der Waals surface area (Å²) in [6, 6.07) is 11.1. The van der Waals surface area contributed by atoms with Gasteiger partial charge in [0.1, 0.15) is 0 Å². The molecule has 2 aromatic rings. The topological polar surface area (TPSA) is 92.9 Å². The third-order valence-electron chi connectivity index (χ3n) is 2.67. The van der Waals surface area contributed by atoms with Crippen molar-refractivity contribution in [2.24, 2.45) is 5.73 Å². The van der Waals surface area contributed by atoms with E-state index in [1.807, 2.05) is 31.2 Å². The number of carbonyl (C=O) groups excluding carboxylic acids is 1. The number of nitrogens with two attached hydrogens (primary N) is 1. The second-order valence-corrected chi connectivity index (χ2v) is 4.19. The predicted molar refractivity (Wildman–Crippen MR) is 77.7 cm³/mol. The van der Waals surface area contributed by atoms with E-state index >= 15 is 0 Å². The van der Waals surface area contributed by atoms with E-state index in [2.05, 4.69) is 20.8 Å². The molecule has 1 aromatic carbocycles. The van der Waals surface area contributed by atoms with Crippen molar-refractivity contribution in [2.75, 3.05) is 11.9 Å². The number of nitrogens with zero attached hydrogens (tertiary/aromatic N) is 2. The highest BCUT2D eigenvalue weighted by Crippen LogP contribution is 2.15. The Morgan fingerprint density at radius 1 is 1.25 bits per heavy atom. The number of aromatic nitrogens is 2. The van der Waals surface area contributed by atoms with Crippen molar-refractivity contribution >= 4 is 17.4 Å². The summed E-state index contributed by atoms with van der Waals surface area (Å²) in [6.45, 7) is 2.90. The number of rotatable bonds is 5. The van der Waals surface area contributed by atoms with Crippen molar-refractivity contribution in [3.8, 4) is 0 Å². The van der Waals surface area contributed by atoms with E-state index in [9.17, 15) is 4.79 Å². The van der Waals surface area contributed by atoms with Crippen molar-refractivity contribution in [1.82, 2.24) is 15.5 Å². The minimum Gasteiger partial charge on any atom is -0.351 e. The molecule has 104 valence electrons. The number of hydrogen-bond acceptors (Lipinski definition) is 5. The average molecular weight is 271 g/mol. The van der Waals surface area contributed by atoms with Crippen LogP contribution in [0, 0.1) is 0 Å². The van der Waals surface area contributed by atoms with Crippen molar-refractivity contribution in [3.05, 3.63) is 47.7 Å². The molecule has 6 heteroatoms. The molecule has 0 aliphatic rings. The average Bonchev–Trinajstić information content (AvgIpc) is 2.48. The Hall–Kier alpha value is -2.47. The SMILES string of the molecule is CCNC(=O)c1ccc(Nc2cccc(CN)c2)nn1. The molecule has 6 nitrogen and oxygen atoms in total. The van der Waals surface area contributed by atoms with Gasteiger partial charge in [0.15, 0.2) is 11.5 Å². The summed E-state index contributed by atoms with van der Waals surface area (Å²) in [7, 11) is 0. The summed E-state index contributed by atoms with van der Waals surface area (Å²) >= 11 is 0. The second-order valence-electron chi connectivity index (χ2n) is 4.19. The lowest BCUT2D eigenvalue weighted by Gasteiger charge is -2.07. The molecule has 0 bridgehead atoms. The standard InChI is InChI=1S/C14H17N5O/c1-2-16-14(20)12-6-7-13(19-18-12)17-11-5-3-4-10(8-11)9-15/h3-8H,2,9,15H2,1H3,(H,16,20)(H,17,19). The summed E-state index contributed by atoms with van der Waals surface area (Å²) in [5.41, 5.74) is 7.80. The molecule has 1 amide bonds. The van der Waals surface area contributed by atoms with Crippen molar-refractivity contribution in [1.29, 1.82) is 0 Å². The van der Waals surface area contributed by atoms with Crippen LogP contribution in [0.4, 0.5) is 11.5 Å². The molecule has 0 saturated heterocycles. The van der Waals surface area contributed by atoms with E-state index < -0.39 is 0 Å². The van der Waals surface area contributed by atoms with Crippen LogP contribution in [0.2, 0.25) is 0 Å². The number of hydrogen-bond donors (Lipinski definition) is 3. The zero-order valence-electron chi connectivity index (χ0n) is 11.3. The van der Waals surface area contributed by atoms with Gasteiger partial charge in [0.05, 0.1) is 0 Å². The zero-order valence-corrected chi connectivity index (χ0v) is 11.3. The Kier molecular flexibility index (Phi) is 4.62. The van der Waals surface area contributed by atoms with Gasteiger partial charge in [0.25, 0.3) is 5.91 Å². The van der Waals surface area contributed by atoms with Crippen LogP contribution in [0.3, 0.4) is 0 Å². The van der Waals surface area contributed by atoms with Gasteiger partial charge in [-0.25, -0.2) is 0 Å². The summed E-state index contributed by atoms with van der Waals surface area (Å²) in [5, 5.41) is 13.7. The van der Waals surface area contributed by atoms with Gasteiger partial charge in [-0.1, -0.05) is 12.1 Å². The zero-order chi connectivity index (χ0) is 14.4. The maximum atomic E-state index is 11.5. The lowest BCUT2D eigenvalue weighted by atomic mass is 10.2. The van der Waals surface area contributed by atoms with E-state index in [-0.39, 0.29) is 5.91 Å². The smallest absolute Gasteiger partial charge is 0.271 e. The van der Waals surface area contributed by atoms with Crippen LogP contribution in [0.15, 0.2) is 36.4 Å². The first-order valence-corrected chi connectivity index (χ1v) is 6.41. The third kappa shape index (κ3) is 3.52. The minimum absolute atomic E-state index is 0.225. The molecule has 0 fully saturated rings. The quantitative estimate of drug-likeness (QED) is 0.765. The fraction of sp³-hybridized carbons (Fsp3) is 0.214. The largest absolute Gasteiger partial charge is 0.351 e. The van der Waals surface area contributed by atoms with Crippen molar-refractivity contribution in [3.63, 3.8) is 0 Å². The van der Waals surface area contributed by atoms with Gasteiger partial charge in [-0.3, -0.25) is 4.79 Å². The van der Waals surface area contributed by atoms with Crippen LogP contribution in [0.25, 0.3) is 0 Å². The Bertz CT molecular complexity index is 582. The molecule has 0 radical (unpaired) electrons. The summed E-state index contributed by atoms with van der Waals surface area (Å²) < 4.78 is 0. The van der Waals surface area contributed by atoms with Crippen LogP contribution in [0.1, 0.15) is 23.0 Å².